The van der Waals surface area contributed by atoms with Gasteiger partial charge < -0.3 is 9.13 Å². The Morgan fingerprint density at radius 2 is 1.05 bits per heavy atom. The van der Waals surface area contributed by atoms with Crippen molar-refractivity contribution in [3.05, 3.63) is 170 Å². The van der Waals surface area contributed by atoms with Crippen molar-refractivity contribution in [2.24, 2.45) is 0 Å². The number of hydrogen-bond acceptors (Lipinski definition) is 0. The van der Waals surface area contributed by atoms with Crippen LogP contribution < -0.4 is 0 Å². The van der Waals surface area contributed by atoms with Crippen molar-refractivity contribution in [3.8, 4) is 33.6 Å². The van der Waals surface area contributed by atoms with E-state index in [0.717, 1.165) is 44.2 Å². The van der Waals surface area contributed by atoms with E-state index in [9.17, 15) is 0 Å². The molecule has 44 heavy (non-hydrogen) atoms. The van der Waals surface area contributed by atoms with E-state index in [1.807, 2.05) is 36.4 Å². The van der Waals surface area contributed by atoms with Crippen molar-refractivity contribution in [1.82, 2.24) is 9.13 Å². The number of hydrogen-bond donors (Lipinski definition) is 0. The first-order valence-electron chi connectivity index (χ1n) is 17.2. The second-order valence-electron chi connectivity index (χ2n) is 11.0. The van der Waals surface area contributed by atoms with Crippen molar-refractivity contribution < 1.29 is 6.85 Å². The number of nitrogens with zero attached hydrogens (tertiary/aromatic N) is 2. The summed E-state index contributed by atoms with van der Waals surface area (Å²) in [5, 5.41) is 4.62. The first kappa shape index (κ1) is 20.1. The van der Waals surface area contributed by atoms with Gasteiger partial charge in [-0.15, -0.1) is 0 Å². The van der Waals surface area contributed by atoms with Gasteiger partial charge in [0.1, 0.15) is 0 Å². The smallest absolute Gasteiger partial charge is 0.0782 e. The molecule has 0 aliphatic carbocycles. The van der Waals surface area contributed by atoms with Crippen LogP contribution in [0.1, 0.15) is 6.85 Å². The minimum atomic E-state index is -0.394. The molecule has 0 unspecified atom stereocenters. The molecule has 0 radical (unpaired) electrons. The Balaban J connectivity index is 1.34. The third-order valence-corrected chi connectivity index (χ3v) is 8.61. The molecule has 0 fully saturated rings. The molecule has 7 aromatic carbocycles. The van der Waals surface area contributed by atoms with Gasteiger partial charge in [0.15, 0.2) is 0 Å². The normalized spacial score (nSPS) is 13.2. The summed E-state index contributed by atoms with van der Waals surface area (Å²) in [5.74, 6) is 0. The van der Waals surface area contributed by atoms with Gasteiger partial charge >= 0.3 is 0 Å². The standard InChI is InChI=1S/C42H28N2/c1-3-13-29(14-4-1)30-25-27-32(28-26-30)43-37-21-9-7-17-34(37)35-20-12-24-40(42(35)43)44-38-22-10-8-18-36(38)41-33(19-11-23-39(41)44)31-15-5-2-6-16-31/h1-28H/i1D,3D,4D,13D,14D. The van der Waals surface area contributed by atoms with E-state index in [1.54, 1.807) is 0 Å². The molecular weight excluding hydrogens is 532 g/mol. The first-order chi connectivity index (χ1) is 23.9. The van der Waals surface area contributed by atoms with Gasteiger partial charge in [-0.25, -0.2) is 0 Å². The van der Waals surface area contributed by atoms with Gasteiger partial charge in [0.25, 0.3) is 0 Å². The maximum atomic E-state index is 8.51. The molecule has 9 rings (SSSR count). The zero-order valence-corrected chi connectivity index (χ0v) is 23.7. The van der Waals surface area contributed by atoms with E-state index in [1.165, 1.54) is 21.9 Å². The molecule has 0 spiro atoms. The quantitative estimate of drug-likeness (QED) is 0.201. The molecule has 9 aromatic rings. The third-order valence-electron chi connectivity index (χ3n) is 8.61. The largest absolute Gasteiger partial charge is 0.307 e. The molecule has 0 N–H and O–H groups in total. The molecule has 2 aromatic heterocycles. The van der Waals surface area contributed by atoms with Crippen molar-refractivity contribution in [3.63, 3.8) is 0 Å². The molecule has 2 nitrogen and oxygen atoms in total. The van der Waals surface area contributed by atoms with Gasteiger partial charge in [-0.3, -0.25) is 0 Å². The van der Waals surface area contributed by atoms with Crippen molar-refractivity contribution in [2.75, 3.05) is 0 Å². The summed E-state index contributed by atoms with van der Waals surface area (Å²) in [6, 6.07) is 46.6. The number of benzene rings is 7. The fourth-order valence-corrected chi connectivity index (χ4v) is 6.76. The first-order valence-corrected chi connectivity index (χ1v) is 14.7. The molecule has 2 heteroatoms. The van der Waals surface area contributed by atoms with Gasteiger partial charge in [-0.05, 0) is 58.7 Å². The second-order valence-corrected chi connectivity index (χ2v) is 11.0. The minimum Gasteiger partial charge on any atom is -0.307 e. The molecule has 206 valence electrons. The SMILES string of the molecule is [2H]c1c([2H])c([2H])c(-c2ccc(-n3c4ccccc4c4cccc(-n5c6ccccc6c6c(-c7ccccc7)cccc65)c43)cc2)c([2H])c1[2H]. The lowest BCUT2D eigenvalue weighted by Crippen LogP contribution is -2.00. The molecule has 0 aliphatic heterocycles. The number of aromatic nitrogens is 2. The van der Waals surface area contributed by atoms with Crippen LogP contribution in [0.3, 0.4) is 0 Å². The molecule has 0 atom stereocenters. The van der Waals surface area contributed by atoms with Crippen molar-refractivity contribution >= 4 is 43.6 Å². The highest BCUT2D eigenvalue weighted by atomic mass is 15.1. The van der Waals surface area contributed by atoms with E-state index in [-0.39, 0.29) is 29.7 Å². The Kier molecular flexibility index (Phi) is 4.51. The molecular formula is C42H28N2. The summed E-state index contributed by atoms with van der Waals surface area (Å²) < 4.78 is 46.0. The predicted molar refractivity (Wildman–Crippen MR) is 186 cm³/mol. The maximum absolute atomic E-state index is 8.51. The van der Waals surface area contributed by atoms with Gasteiger partial charge in [-0.1, -0.05) is 133 Å². The Morgan fingerprint density at radius 1 is 0.409 bits per heavy atom. The van der Waals surface area contributed by atoms with Crippen LogP contribution in [0.4, 0.5) is 0 Å². The maximum Gasteiger partial charge on any atom is 0.0782 e. The van der Waals surface area contributed by atoms with Crippen LogP contribution in [0.15, 0.2) is 170 Å². The van der Waals surface area contributed by atoms with Gasteiger partial charge in [0, 0.05) is 27.2 Å². The van der Waals surface area contributed by atoms with Crippen LogP contribution in [0.25, 0.3) is 77.2 Å². The van der Waals surface area contributed by atoms with Crippen LogP contribution in [0.5, 0.6) is 0 Å². The average molecular weight is 566 g/mol. The lowest BCUT2D eigenvalue weighted by atomic mass is 9.99. The lowest BCUT2D eigenvalue weighted by molar-refractivity contribution is 1.13. The van der Waals surface area contributed by atoms with Crippen LogP contribution in [0.2, 0.25) is 0 Å². The summed E-state index contributed by atoms with van der Waals surface area (Å²) in [4.78, 5) is 0. The Hall–Kier alpha value is -5.86. The number of fused-ring (bicyclic) bond motifs is 6. The van der Waals surface area contributed by atoms with E-state index in [4.69, 9.17) is 6.85 Å². The zero-order valence-electron chi connectivity index (χ0n) is 28.7. The van der Waals surface area contributed by atoms with Crippen molar-refractivity contribution in [2.45, 2.75) is 0 Å². The minimum absolute atomic E-state index is 0.194. The predicted octanol–water partition coefficient (Wildman–Crippen LogP) is 11.2. The molecule has 0 amide bonds. The molecule has 2 heterocycles. The Bertz CT molecular complexity index is 2730. The van der Waals surface area contributed by atoms with Gasteiger partial charge in [0.05, 0.1) is 34.6 Å². The molecule has 0 bridgehead atoms. The zero-order chi connectivity index (χ0) is 33.4. The van der Waals surface area contributed by atoms with Gasteiger partial charge in [-0.2, -0.15) is 0 Å². The van der Waals surface area contributed by atoms with Crippen LogP contribution in [-0.2, 0) is 0 Å². The molecule has 0 saturated heterocycles. The van der Waals surface area contributed by atoms with E-state index >= 15 is 0 Å². The topological polar surface area (TPSA) is 9.86 Å². The lowest BCUT2D eigenvalue weighted by Gasteiger charge is -2.15. The van der Waals surface area contributed by atoms with E-state index < -0.39 is 6.04 Å². The van der Waals surface area contributed by atoms with E-state index in [0.29, 0.717) is 5.56 Å². The fourth-order valence-electron chi connectivity index (χ4n) is 6.76. The number of rotatable bonds is 4. The van der Waals surface area contributed by atoms with Gasteiger partial charge in [0.2, 0.25) is 0 Å². The summed E-state index contributed by atoms with van der Waals surface area (Å²) in [5.41, 5.74) is 9.38. The summed E-state index contributed by atoms with van der Waals surface area (Å²) in [7, 11) is 0. The second kappa shape index (κ2) is 9.86. The fraction of sp³-hybridized carbons (Fsp3) is 0. The Morgan fingerprint density at radius 3 is 1.84 bits per heavy atom. The summed E-state index contributed by atoms with van der Waals surface area (Å²) in [6.07, 6.45) is 0. The highest BCUT2D eigenvalue weighted by molar-refractivity contribution is 6.18. The molecule has 0 saturated carbocycles. The third kappa shape index (κ3) is 3.68. The molecule has 0 aliphatic rings. The average Bonchev–Trinajstić information content (AvgIpc) is 3.67. The monoisotopic (exact) mass is 565 g/mol. The van der Waals surface area contributed by atoms with E-state index in [2.05, 4.69) is 112 Å². The number of para-hydroxylation sites is 3. The van der Waals surface area contributed by atoms with Crippen LogP contribution >= 0.6 is 0 Å². The summed E-state index contributed by atoms with van der Waals surface area (Å²) >= 11 is 0. The summed E-state index contributed by atoms with van der Waals surface area (Å²) in [6.45, 7) is 0. The van der Waals surface area contributed by atoms with Crippen LogP contribution in [0, 0.1) is 0 Å². The van der Waals surface area contributed by atoms with Crippen LogP contribution in [-0.4, -0.2) is 9.13 Å². The highest BCUT2D eigenvalue weighted by Gasteiger charge is 2.21. The highest BCUT2D eigenvalue weighted by Crippen LogP contribution is 2.42. The Labute approximate surface area is 262 Å². The van der Waals surface area contributed by atoms with Crippen molar-refractivity contribution in [1.29, 1.82) is 0 Å².